The number of nitrogens with one attached hydrogen (secondary N) is 1. The van der Waals surface area contributed by atoms with Crippen molar-refractivity contribution in [2.45, 2.75) is 32.7 Å². The zero-order chi connectivity index (χ0) is 15.3. The van der Waals surface area contributed by atoms with Gasteiger partial charge in [-0.05, 0) is 37.6 Å². The standard InChI is InChI=1S/C17H17N3O2/c1-10-7-14(22-11(10)2)12-8-16(21)18-9-13-17(12)20-6-4-3-5-15(20)19-13/h3-7,12H,8-9H2,1-2H3,(H,18,21). The van der Waals surface area contributed by atoms with Crippen LogP contribution < -0.4 is 5.32 Å². The topological polar surface area (TPSA) is 59.5 Å². The van der Waals surface area contributed by atoms with Crippen molar-refractivity contribution >= 4 is 11.6 Å². The van der Waals surface area contributed by atoms with Crippen molar-refractivity contribution in [3.8, 4) is 0 Å². The third-order valence-electron chi connectivity index (χ3n) is 4.34. The minimum Gasteiger partial charge on any atom is -0.465 e. The number of pyridine rings is 1. The molecule has 3 aromatic rings. The molecule has 22 heavy (non-hydrogen) atoms. The Balaban J connectivity index is 1.95. The van der Waals surface area contributed by atoms with Crippen LogP contribution in [0.15, 0.2) is 34.9 Å². The maximum absolute atomic E-state index is 12.1. The second kappa shape index (κ2) is 4.73. The van der Waals surface area contributed by atoms with Crippen LogP contribution >= 0.6 is 0 Å². The average Bonchev–Trinajstić information content (AvgIpc) is 2.98. The monoisotopic (exact) mass is 295 g/mol. The molecule has 1 aliphatic rings. The van der Waals surface area contributed by atoms with E-state index in [4.69, 9.17) is 4.42 Å². The van der Waals surface area contributed by atoms with Gasteiger partial charge in [0.15, 0.2) is 0 Å². The smallest absolute Gasteiger partial charge is 0.221 e. The Kier molecular flexibility index (Phi) is 2.82. The van der Waals surface area contributed by atoms with Crippen molar-refractivity contribution in [2.75, 3.05) is 0 Å². The maximum atomic E-state index is 12.1. The van der Waals surface area contributed by atoms with Gasteiger partial charge in [-0.3, -0.25) is 4.79 Å². The summed E-state index contributed by atoms with van der Waals surface area (Å²) < 4.78 is 7.97. The second-order valence-electron chi connectivity index (χ2n) is 5.79. The summed E-state index contributed by atoms with van der Waals surface area (Å²) in [6.45, 7) is 4.44. The van der Waals surface area contributed by atoms with Crippen LogP contribution in [0.3, 0.4) is 0 Å². The van der Waals surface area contributed by atoms with E-state index in [0.29, 0.717) is 13.0 Å². The Hall–Kier alpha value is -2.56. The van der Waals surface area contributed by atoms with Gasteiger partial charge in [0.2, 0.25) is 5.91 Å². The molecule has 3 aromatic heterocycles. The molecular formula is C17H17N3O2. The van der Waals surface area contributed by atoms with Gasteiger partial charge in [-0.2, -0.15) is 0 Å². The zero-order valence-corrected chi connectivity index (χ0v) is 12.6. The quantitative estimate of drug-likeness (QED) is 0.751. The first-order valence-corrected chi connectivity index (χ1v) is 7.43. The molecule has 0 aromatic carbocycles. The van der Waals surface area contributed by atoms with Crippen LogP contribution in [-0.4, -0.2) is 15.3 Å². The highest BCUT2D eigenvalue weighted by Crippen LogP contribution is 2.34. The number of hydrogen-bond donors (Lipinski definition) is 1. The van der Waals surface area contributed by atoms with Crippen molar-refractivity contribution in [1.82, 2.24) is 14.7 Å². The van der Waals surface area contributed by atoms with Gasteiger partial charge >= 0.3 is 0 Å². The number of furan rings is 1. The number of hydrogen-bond acceptors (Lipinski definition) is 3. The van der Waals surface area contributed by atoms with E-state index in [1.165, 1.54) is 0 Å². The molecule has 0 spiro atoms. The molecule has 4 rings (SSSR count). The largest absolute Gasteiger partial charge is 0.465 e. The fraction of sp³-hybridized carbons (Fsp3) is 0.294. The lowest BCUT2D eigenvalue weighted by atomic mass is 9.97. The highest BCUT2D eigenvalue weighted by Gasteiger charge is 2.31. The molecule has 0 saturated heterocycles. The summed E-state index contributed by atoms with van der Waals surface area (Å²) in [5.74, 6) is 1.65. The summed E-state index contributed by atoms with van der Waals surface area (Å²) in [6, 6.07) is 7.96. The molecule has 112 valence electrons. The normalized spacial score (nSPS) is 18.1. The number of amides is 1. The van der Waals surface area contributed by atoms with Crippen molar-refractivity contribution in [1.29, 1.82) is 0 Å². The van der Waals surface area contributed by atoms with E-state index in [-0.39, 0.29) is 11.8 Å². The van der Waals surface area contributed by atoms with E-state index < -0.39 is 0 Å². The number of nitrogens with zero attached hydrogens (tertiary/aromatic N) is 2. The van der Waals surface area contributed by atoms with Gasteiger partial charge in [-0.1, -0.05) is 6.07 Å². The Labute approximate surface area is 128 Å². The molecule has 0 saturated carbocycles. The Bertz CT molecular complexity index is 856. The van der Waals surface area contributed by atoms with Crippen molar-refractivity contribution < 1.29 is 9.21 Å². The van der Waals surface area contributed by atoms with Gasteiger partial charge in [0.05, 0.1) is 23.9 Å². The van der Waals surface area contributed by atoms with E-state index in [1.807, 2.05) is 44.3 Å². The minimum absolute atomic E-state index is 0.0272. The van der Waals surface area contributed by atoms with E-state index >= 15 is 0 Å². The predicted molar refractivity (Wildman–Crippen MR) is 81.7 cm³/mol. The van der Waals surface area contributed by atoms with Gasteiger partial charge in [-0.15, -0.1) is 0 Å². The molecular weight excluding hydrogens is 278 g/mol. The van der Waals surface area contributed by atoms with Crippen LogP contribution in [0.25, 0.3) is 5.65 Å². The van der Waals surface area contributed by atoms with Gasteiger partial charge in [-0.25, -0.2) is 4.98 Å². The fourth-order valence-corrected chi connectivity index (χ4v) is 3.11. The SMILES string of the molecule is Cc1cc(C2CC(=O)NCc3nc4ccccn4c32)oc1C. The molecule has 0 bridgehead atoms. The number of imidazole rings is 1. The van der Waals surface area contributed by atoms with Crippen LogP contribution in [0.4, 0.5) is 0 Å². The molecule has 0 aliphatic carbocycles. The zero-order valence-electron chi connectivity index (χ0n) is 12.6. The summed E-state index contributed by atoms with van der Waals surface area (Å²) in [5.41, 5.74) is 3.96. The lowest BCUT2D eigenvalue weighted by molar-refractivity contribution is -0.121. The van der Waals surface area contributed by atoms with Crippen LogP contribution in [-0.2, 0) is 11.3 Å². The van der Waals surface area contributed by atoms with Crippen LogP contribution in [0, 0.1) is 13.8 Å². The summed E-state index contributed by atoms with van der Waals surface area (Å²) in [4.78, 5) is 16.7. The Morgan fingerprint density at radius 3 is 3.00 bits per heavy atom. The summed E-state index contributed by atoms with van der Waals surface area (Å²) >= 11 is 0. The van der Waals surface area contributed by atoms with Gasteiger partial charge < -0.3 is 14.1 Å². The fourth-order valence-electron chi connectivity index (χ4n) is 3.11. The average molecular weight is 295 g/mol. The molecule has 5 heteroatoms. The number of aryl methyl sites for hydroxylation is 2. The third kappa shape index (κ3) is 1.93. The van der Waals surface area contributed by atoms with Gasteiger partial charge in [0.25, 0.3) is 0 Å². The first-order chi connectivity index (χ1) is 10.6. The minimum atomic E-state index is -0.109. The van der Waals surface area contributed by atoms with Crippen molar-refractivity contribution in [3.05, 3.63) is 58.9 Å². The summed E-state index contributed by atoms with van der Waals surface area (Å²) in [7, 11) is 0. The van der Waals surface area contributed by atoms with Crippen LogP contribution in [0.2, 0.25) is 0 Å². The number of rotatable bonds is 1. The van der Waals surface area contributed by atoms with E-state index in [2.05, 4.69) is 14.7 Å². The van der Waals surface area contributed by atoms with Crippen molar-refractivity contribution in [2.24, 2.45) is 0 Å². The molecule has 5 nitrogen and oxygen atoms in total. The molecule has 1 unspecified atom stereocenters. The van der Waals surface area contributed by atoms with E-state index in [0.717, 1.165) is 34.1 Å². The van der Waals surface area contributed by atoms with E-state index in [9.17, 15) is 4.79 Å². The first-order valence-electron chi connectivity index (χ1n) is 7.43. The summed E-state index contributed by atoms with van der Waals surface area (Å²) in [6.07, 6.45) is 2.37. The van der Waals surface area contributed by atoms with Crippen LogP contribution in [0.5, 0.6) is 0 Å². The molecule has 1 N–H and O–H groups in total. The maximum Gasteiger partial charge on any atom is 0.221 e. The molecule has 1 amide bonds. The highest BCUT2D eigenvalue weighted by molar-refractivity contribution is 5.78. The molecule has 0 fully saturated rings. The number of aromatic nitrogens is 2. The Morgan fingerprint density at radius 1 is 1.36 bits per heavy atom. The van der Waals surface area contributed by atoms with Gasteiger partial charge in [0, 0.05) is 12.6 Å². The molecule has 0 radical (unpaired) electrons. The molecule has 4 heterocycles. The Morgan fingerprint density at radius 2 is 2.23 bits per heavy atom. The third-order valence-corrected chi connectivity index (χ3v) is 4.34. The lowest BCUT2D eigenvalue weighted by Gasteiger charge is -2.12. The first kappa shape index (κ1) is 13.1. The van der Waals surface area contributed by atoms with Crippen LogP contribution in [0.1, 0.15) is 40.8 Å². The summed E-state index contributed by atoms with van der Waals surface area (Å²) in [5, 5.41) is 2.93. The lowest BCUT2D eigenvalue weighted by Crippen LogP contribution is -2.21. The van der Waals surface area contributed by atoms with Crippen molar-refractivity contribution in [3.63, 3.8) is 0 Å². The van der Waals surface area contributed by atoms with E-state index in [1.54, 1.807) is 0 Å². The highest BCUT2D eigenvalue weighted by atomic mass is 16.3. The number of fused-ring (bicyclic) bond motifs is 3. The number of carbonyl (C=O) groups is 1. The predicted octanol–water partition coefficient (Wildman–Crippen LogP) is 2.70. The molecule has 1 aliphatic heterocycles. The second-order valence-corrected chi connectivity index (χ2v) is 5.79. The number of carbonyl (C=O) groups excluding carboxylic acids is 1. The molecule has 1 atom stereocenters. The van der Waals surface area contributed by atoms with Gasteiger partial charge in [0.1, 0.15) is 17.2 Å².